The monoisotopic (exact) mass is 221 g/mol. The Labute approximate surface area is 89.3 Å². The van der Waals surface area contributed by atoms with Gasteiger partial charge in [-0.15, -0.1) is 11.3 Å². The third kappa shape index (κ3) is 1.66. The molecular formula is C9H7N3O2S. The highest BCUT2D eigenvalue weighted by atomic mass is 32.1. The summed E-state index contributed by atoms with van der Waals surface area (Å²) in [5.41, 5.74) is 6.32. The third-order valence-corrected chi connectivity index (χ3v) is 2.85. The Balaban J connectivity index is 2.59. The molecular weight excluding hydrogens is 214 g/mol. The third-order valence-electron chi connectivity index (χ3n) is 1.95. The van der Waals surface area contributed by atoms with Crippen molar-refractivity contribution < 1.29 is 4.92 Å². The quantitative estimate of drug-likeness (QED) is 0.623. The van der Waals surface area contributed by atoms with E-state index >= 15 is 0 Å². The van der Waals surface area contributed by atoms with Crippen molar-refractivity contribution in [3.05, 3.63) is 40.0 Å². The minimum absolute atomic E-state index is 0.152. The summed E-state index contributed by atoms with van der Waals surface area (Å²) in [5.74, 6) is 0. The van der Waals surface area contributed by atoms with Crippen molar-refractivity contribution in [2.45, 2.75) is 0 Å². The van der Waals surface area contributed by atoms with Crippen molar-refractivity contribution in [2.24, 2.45) is 0 Å². The lowest BCUT2D eigenvalue weighted by Gasteiger charge is -2.02. The molecule has 0 atom stereocenters. The minimum atomic E-state index is -0.528. The number of thiophene rings is 1. The molecule has 5 nitrogen and oxygen atoms in total. The smallest absolute Gasteiger partial charge is 0.310 e. The predicted molar refractivity (Wildman–Crippen MR) is 58.6 cm³/mol. The molecule has 2 N–H and O–H groups in total. The summed E-state index contributed by atoms with van der Waals surface area (Å²) in [6, 6.07) is 3.71. The van der Waals surface area contributed by atoms with Crippen molar-refractivity contribution in [1.82, 2.24) is 4.98 Å². The maximum Gasteiger partial charge on any atom is 0.310 e. The SMILES string of the molecule is Nc1c(-c2cccs2)cncc1[N+](=O)[O-]. The van der Waals surface area contributed by atoms with Crippen molar-refractivity contribution in [1.29, 1.82) is 0 Å². The van der Waals surface area contributed by atoms with E-state index < -0.39 is 4.92 Å². The normalized spacial score (nSPS) is 10.1. The molecule has 0 aliphatic rings. The molecule has 0 unspecified atom stereocenters. The first-order valence-corrected chi connectivity index (χ1v) is 5.00. The molecule has 2 heterocycles. The maximum atomic E-state index is 10.6. The molecule has 0 aliphatic heterocycles. The van der Waals surface area contributed by atoms with Gasteiger partial charge in [-0.05, 0) is 11.4 Å². The van der Waals surface area contributed by atoms with Gasteiger partial charge < -0.3 is 5.73 Å². The van der Waals surface area contributed by atoms with E-state index in [0.717, 1.165) is 11.1 Å². The molecule has 0 aromatic carbocycles. The van der Waals surface area contributed by atoms with Crippen LogP contribution in [0.3, 0.4) is 0 Å². The van der Waals surface area contributed by atoms with E-state index in [9.17, 15) is 10.1 Å². The van der Waals surface area contributed by atoms with E-state index in [4.69, 9.17) is 5.73 Å². The van der Waals surface area contributed by atoms with Crippen LogP contribution in [0.15, 0.2) is 29.9 Å². The average molecular weight is 221 g/mol. The zero-order chi connectivity index (χ0) is 10.8. The van der Waals surface area contributed by atoms with Crippen LogP contribution in [-0.4, -0.2) is 9.91 Å². The largest absolute Gasteiger partial charge is 0.393 e. The lowest BCUT2D eigenvalue weighted by Crippen LogP contribution is -1.98. The van der Waals surface area contributed by atoms with Gasteiger partial charge in [-0.3, -0.25) is 15.1 Å². The topological polar surface area (TPSA) is 82.0 Å². The van der Waals surface area contributed by atoms with E-state index in [0.29, 0.717) is 5.56 Å². The molecule has 0 spiro atoms. The van der Waals surface area contributed by atoms with Crippen LogP contribution in [0.2, 0.25) is 0 Å². The summed E-state index contributed by atoms with van der Waals surface area (Å²) in [6.45, 7) is 0. The summed E-state index contributed by atoms with van der Waals surface area (Å²) in [5, 5.41) is 12.5. The van der Waals surface area contributed by atoms with Crippen LogP contribution in [0.25, 0.3) is 10.4 Å². The van der Waals surface area contributed by atoms with Crippen molar-refractivity contribution in [2.75, 3.05) is 5.73 Å². The highest BCUT2D eigenvalue weighted by molar-refractivity contribution is 7.13. The zero-order valence-corrected chi connectivity index (χ0v) is 8.40. The van der Waals surface area contributed by atoms with E-state index in [2.05, 4.69) is 4.98 Å². The molecule has 0 aliphatic carbocycles. The summed E-state index contributed by atoms with van der Waals surface area (Å²) >= 11 is 1.47. The summed E-state index contributed by atoms with van der Waals surface area (Å²) in [4.78, 5) is 14.8. The first-order chi connectivity index (χ1) is 7.20. The van der Waals surface area contributed by atoms with Crippen molar-refractivity contribution in [3.63, 3.8) is 0 Å². The second kappa shape index (κ2) is 3.66. The van der Waals surface area contributed by atoms with Crippen LogP contribution in [0.4, 0.5) is 11.4 Å². The number of nitrogens with zero attached hydrogens (tertiary/aromatic N) is 2. The van der Waals surface area contributed by atoms with Crippen molar-refractivity contribution >= 4 is 22.7 Å². The van der Waals surface area contributed by atoms with Crippen LogP contribution >= 0.6 is 11.3 Å². The van der Waals surface area contributed by atoms with Gasteiger partial charge in [-0.1, -0.05) is 6.07 Å². The number of hydrogen-bond donors (Lipinski definition) is 1. The van der Waals surface area contributed by atoms with Gasteiger partial charge in [0.2, 0.25) is 0 Å². The van der Waals surface area contributed by atoms with Gasteiger partial charge in [-0.25, -0.2) is 0 Å². The van der Waals surface area contributed by atoms with E-state index in [1.165, 1.54) is 17.5 Å². The second-order valence-electron chi connectivity index (χ2n) is 2.85. The van der Waals surface area contributed by atoms with Gasteiger partial charge in [0.15, 0.2) is 0 Å². The van der Waals surface area contributed by atoms with Gasteiger partial charge >= 0.3 is 5.69 Å². The number of rotatable bonds is 2. The molecule has 0 saturated heterocycles. The number of nitrogen functional groups attached to an aromatic ring is 1. The van der Waals surface area contributed by atoms with Gasteiger partial charge in [0, 0.05) is 16.6 Å². The number of nitrogens with two attached hydrogens (primary N) is 1. The van der Waals surface area contributed by atoms with Crippen LogP contribution in [0, 0.1) is 10.1 Å². The van der Waals surface area contributed by atoms with Crippen molar-refractivity contribution in [3.8, 4) is 10.4 Å². The Kier molecular flexibility index (Phi) is 2.34. The van der Waals surface area contributed by atoms with Crippen LogP contribution in [0.1, 0.15) is 0 Å². The van der Waals surface area contributed by atoms with Gasteiger partial charge in [-0.2, -0.15) is 0 Å². The highest BCUT2D eigenvalue weighted by Gasteiger charge is 2.16. The average Bonchev–Trinajstić information content (AvgIpc) is 2.70. The molecule has 0 amide bonds. The Bertz CT molecular complexity index is 496. The Morgan fingerprint density at radius 3 is 2.87 bits per heavy atom. The van der Waals surface area contributed by atoms with E-state index in [1.54, 1.807) is 0 Å². The number of nitro groups is 1. The van der Waals surface area contributed by atoms with Crippen LogP contribution in [-0.2, 0) is 0 Å². The lowest BCUT2D eigenvalue weighted by atomic mass is 10.2. The number of aromatic nitrogens is 1. The molecule has 2 aromatic rings. The molecule has 0 fully saturated rings. The fraction of sp³-hybridized carbons (Fsp3) is 0. The number of hydrogen-bond acceptors (Lipinski definition) is 5. The van der Waals surface area contributed by atoms with E-state index in [-0.39, 0.29) is 11.4 Å². The first kappa shape index (κ1) is 9.60. The molecule has 6 heteroatoms. The standard InChI is InChI=1S/C9H7N3O2S/c10-9-6(8-2-1-3-15-8)4-11-5-7(9)12(13)14/h1-5H,(H2,10,11). The fourth-order valence-corrected chi connectivity index (χ4v) is 1.98. The first-order valence-electron chi connectivity index (χ1n) is 4.12. The molecule has 2 rings (SSSR count). The molecule has 0 bridgehead atoms. The maximum absolute atomic E-state index is 10.6. The van der Waals surface area contributed by atoms with E-state index in [1.807, 2.05) is 17.5 Å². The zero-order valence-electron chi connectivity index (χ0n) is 7.58. The fourth-order valence-electron chi connectivity index (χ4n) is 1.23. The molecule has 15 heavy (non-hydrogen) atoms. The van der Waals surface area contributed by atoms with Crippen LogP contribution < -0.4 is 5.73 Å². The lowest BCUT2D eigenvalue weighted by molar-refractivity contribution is -0.384. The Hall–Kier alpha value is -1.95. The molecule has 0 saturated carbocycles. The highest BCUT2D eigenvalue weighted by Crippen LogP contribution is 2.34. The summed E-state index contributed by atoms with van der Waals surface area (Å²) < 4.78 is 0. The van der Waals surface area contributed by atoms with Gasteiger partial charge in [0.1, 0.15) is 11.9 Å². The van der Waals surface area contributed by atoms with Crippen LogP contribution in [0.5, 0.6) is 0 Å². The second-order valence-corrected chi connectivity index (χ2v) is 3.80. The number of anilines is 1. The molecule has 0 radical (unpaired) electrons. The van der Waals surface area contributed by atoms with Gasteiger partial charge in [0.05, 0.1) is 4.92 Å². The van der Waals surface area contributed by atoms with Gasteiger partial charge in [0.25, 0.3) is 0 Å². The summed E-state index contributed by atoms with van der Waals surface area (Å²) in [6.07, 6.45) is 2.70. The molecule has 2 aromatic heterocycles. The number of pyridine rings is 1. The Morgan fingerprint density at radius 2 is 2.27 bits per heavy atom. The summed E-state index contributed by atoms with van der Waals surface area (Å²) in [7, 11) is 0. The Morgan fingerprint density at radius 1 is 1.47 bits per heavy atom. The predicted octanol–water partition coefficient (Wildman–Crippen LogP) is 2.30. The molecule has 76 valence electrons. The minimum Gasteiger partial charge on any atom is -0.393 e.